The van der Waals surface area contributed by atoms with Crippen LogP contribution in [0.25, 0.3) is 0 Å². The first-order chi connectivity index (χ1) is 7.02. The van der Waals surface area contributed by atoms with Gasteiger partial charge in [0.2, 0.25) is 0 Å². The number of carbonyl (C=O) groups excluding carboxylic acids is 1. The predicted molar refractivity (Wildman–Crippen MR) is 61.7 cm³/mol. The van der Waals surface area contributed by atoms with Crippen molar-refractivity contribution in [3.05, 3.63) is 0 Å². The summed E-state index contributed by atoms with van der Waals surface area (Å²) in [7, 11) is -3.00. The van der Waals surface area contributed by atoms with Gasteiger partial charge in [0.25, 0.3) is 0 Å². The van der Waals surface area contributed by atoms with Crippen LogP contribution in [-0.4, -0.2) is 38.8 Å². The van der Waals surface area contributed by atoms with E-state index in [0.717, 1.165) is 6.54 Å². The Morgan fingerprint density at radius 3 is 2.33 bits per heavy atom. The summed E-state index contributed by atoms with van der Waals surface area (Å²) in [6, 6.07) is 0. The lowest BCUT2D eigenvalue weighted by Gasteiger charge is -2.03. The third-order valence-electron chi connectivity index (χ3n) is 2.04. The maximum absolute atomic E-state index is 11.3. The van der Waals surface area contributed by atoms with E-state index >= 15 is 0 Å². The van der Waals surface area contributed by atoms with Crippen molar-refractivity contribution in [3.8, 4) is 0 Å². The fourth-order valence-corrected chi connectivity index (χ4v) is 2.58. The molecule has 0 spiro atoms. The van der Waals surface area contributed by atoms with Gasteiger partial charge < -0.3 is 5.32 Å². The molecule has 4 nitrogen and oxygen atoms in total. The van der Waals surface area contributed by atoms with Gasteiger partial charge in [-0.25, -0.2) is 8.42 Å². The smallest absolute Gasteiger partial charge is 0.150 e. The topological polar surface area (TPSA) is 63.2 Å². The van der Waals surface area contributed by atoms with Crippen molar-refractivity contribution < 1.29 is 13.2 Å². The molecule has 0 aromatic heterocycles. The Kier molecular flexibility index (Phi) is 7.60. The molecule has 0 amide bonds. The van der Waals surface area contributed by atoms with E-state index < -0.39 is 9.84 Å². The van der Waals surface area contributed by atoms with Gasteiger partial charge in [0, 0.05) is 25.1 Å². The maximum Gasteiger partial charge on any atom is 0.150 e. The van der Waals surface area contributed by atoms with Gasteiger partial charge in [-0.1, -0.05) is 13.8 Å². The summed E-state index contributed by atoms with van der Waals surface area (Å²) in [6.07, 6.45) is 1.21. The molecule has 0 radical (unpaired) electrons. The molecule has 0 saturated heterocycles. The van der Waals surface area contributed by atoms with Gasteiger partial charge >= 0.3 is 0 Å². The average molecular weight is 235 g/mol. The van der Waals surface area contributed by atoms with Gasteiger partial charge in [-0.3, -0.25) is 4.79 Å². The monoisotopic (exact) mass is 235 g/mol. The molecular formula is C10H21NO3S. The van der Waals surface area contributed by atoms with Gasteiger partial charge in [0.15, 0.2) is 9.84 Å². The minimum atomic E-state index is -3.00. The molecule has 15 heavy (non-hydrogen) atoms. The lowest BCUT2D eigenvalue weighted by atomic mass is 10.2. The molecule has 0 atom stereocenters. The standard InChI is InChI=1S/C10H21NO3S/c1-3-8-15(13,14)9-6-10(12)5-7-11-4-2/h11H,3-9H2,1-2H3. The van der Waals surface area contributed by atoms with E-state index in [-0.39, 0.29) is 23.7 Å². The lowest BCUT2D eigenvalue weighted by Crippen LogP contribution is -2.19. The number of sulfone groups is 1. The lowest BCUT2D eigenvalue weighted by molar-refractivity contribution is -0.118. The quantitative estimate of drug-likeness (QED) is 0.600. The highest BCUT2D eigenvalue weighted by Crippen LogP contribution is 1.99. The van der Waals surface area contributed by atoms with Crippen LogP contribution in [0.1, 0.15) is 33.1 Å². The zero-order chi connectivity index (χ0) is 11.7. The van der Waals surface area contributed by atoms with Crippen LogP contribution in [0.5, 0.6) is 0 Å². The van der Waals surface area contributed by atoms with Crippen LogP contribution in [0.15, 0.2) is 0 Å². The largest absolute Gasteiger partial charge is 0.317 e. The van der Waals surface area contributed by atoms with Gasteiger partial charge in [-0.2, -0.15) is 0 Å². The number of Topliss-reactive ketones (excluding diaryl/α,β-unsaturated/α-hetero) is 1. The molecule has 90 valence electrons. The summed E-state index contributed by atoms with van der Waals surface area (Å²) in [5, 5.41) is 3.03. The number of hydrogen-bond donors (Lipinski definition) is 1. The molecule has 0 aliphatic heterocycles. The van der Waals surface area contributed by atoms with Crippen LogP contribution in [0, 0.1) is 0 Å². The maximum atomic E-state index is 11.3. The van der Waals surface area contributed by atoms with Crippen molar-refractivity contribution in [2.45, 2.75) is 33.1 Å². The van der Waals surface area contributed by atoms with Crippen molar-refractivity contribution >= 4 is 15.6 Å². The predicted octanol–water partition coefficient (Wildman–Crippen LogP) is 0.770. The number of rotatable bonds is 9. The van der Waals surface area contributed by atoms with Crippen molar-refractivity contribution in [3.63, 3.8) is 0 Å². The van der Waals surface area contributed by atoms with Crippen LogP contribution in [0.4, 0.5) is 0 Å². The molecule has 0 aliphatic rings. The van der Waals surface area contributed by atoms with Crippen LogP contribution in [0.3, 0.4) is 0 Å². The molecular weight excluding hydrogens is 214 g/mol. The van der Waals surface area contributed by atoms with Crippen LogP contribution in [-0.2, 0) is 14.6 Å². The fourth-order valence-electron chi connectivity index (χ4n) is 1.21. The number of hydrogen-bond acceptors (Lipinski definition) is 4. The Morgan fingerprint density at radius 1 is 1.13 bits per heavy atom. The highest BCUT2D eigenvalue weighted by molar-refractivity contribution is 7.91. The van der Waals surface area contributed by atoms with E-state index in [0.29, 0.717) is 19.4 Å². The SMILES string of the molecule is CCCS(=O)(=O)CCC(=O)CCNCC. The van der Waals surface area contributed by atoms with Gasteiger partial charge in [-0.15, -0.1) is 0 Å². The molecule has 0 rings (SSSR count). The van der Waals surface area contributed by atoms with E-state index in [1.54, 1.807) is 0 Å². The summed E-state index contributed by atoms with van der Waals surface area (Å²) < 4.78 is 22.6. The Balaban J connectivity index is 3.71. The Bertz CT molecular complexity index is 272. The zero-order valence-corrected chi connectivity index (χ0v) is 10.4. The molecule has 0 heterocycles. The first-order valence-electron chi connectivity index (χ1n) is 5.44. The van der Waals surface area contributed by atoms with E-state index in [4.69, 9.17) is 0 Å². The molecule has 1 N–H and O–H groups in total. The van der Waals surface area contributed by atoms with E-state index in [9.17, 15) is 13.2 Å². The molecule has 0 fully saturated rings. The third-order valence-corrected chi connectivity index (χ3v) is 3.89. The van der Waals surface area contributed by atoms with Gasteiger partial charge in [0.05, 0.1) is 5.75 Å². The summed E-state index contributed by atoms with van der Waals surface area (Å²) in [6.45, 7) is 5.27. The first-order valence-corrected chi connectivity index (χ1v) is 7.26. The van der Waals surface area contributed by atoms with Crippen LogP contribution in [0.2, 0.25) is 0 Å². The van der Waals surface area contributed by atoms with Gasteiger partial charge in [0.1, 0.15) is 5.78 Å². The molecule has 5 heteroatoms. The van der Waals surface area contributed by atoms with E-state index in [1.165, 1.54) is 0 Å². The van der Waals surface area contributed by atoms with Crippen LogP contribution < -0.4 is 5.32 Å². The van der Waals surface area contributed by atoms with E-state index in [2.05, 4.69) is 5.32 Å². The van der Waals surface area contributed by atoms with Crippen molar-refractivity contribution in [1.82, 2.24) is 5.32 Å². The molecule has 0 aliphatic carbocycles. The normalized spacial score (nSPS) is 11.6. The van der Waals surface area contributed by atoms with Crippen LogP contribution >= 0.6 is 0 Å². The minimum absolute atomic E-state index is 0.00575. The van der Waals surface area contributed by atoms with Crippen molar-refractivity contribution in [2.24, 2.45) is 0 Å². The molecule has 0 saturated carbocycles. The summed E-state index contributed by atoms with van der Waals surface area (Å²) >= 11 is 0. The van der Waals surface area contributed by atoms with Crippen molar-refractivity contribution in [1.29, 1.82) is 0 Å². The second kappa shape index (κ2) is 7.82. The number of nitrogens with one attached hydrogen (secondary N) is 1. The first kappa shape index (κ1) is 14.6. The van der Waals surface area contributed by atoms with Crippen molar-refractivity contribution in [2.75, 3.05) is 24.6 Å². The summed E-state index contributed by atoms with van der Waals surface area (Å²) in [5.74, 6) is 0.217. The Hall–Kier alpha value is -0.420. The molecule has 0 bridgehead atoms. The number of carbonyl (C=O) groups is 1. The third kappa shape index (κ3) is 8.57. The Morgan fingerprint density at radius 2 is 1.80 bits per heavy atom. The average Bonchev–Trinajstić information content (AvgIpc) is 2.15. The zero-order valence-electron chi connectivity index (χ0n) is 9.58. The molecule has 0 aromatic rings. The van der Waals surface area contributed by atoms with Gasteiger partial charge in [-0.05, 0) is 13.0 Å². The second-order valence-corrected chi connectivity index (χ2v) is 5.85. The molecule has 0 aromatic carbocycles. The highest BCUT2D eigenvalue weighted by atomic mass is 32.2. The van der Waals surface area contributed by atoms with E-state index in [1.807, 2.05) is 13.8 Å². The summed E-state index contributed by atoms with van der Waals surface area (Å²) in [4.78, 5) is 11.3. The summed E-state index contributed by atoms with van der Waals surface area (Å²) in [5.41, 5.74) is 0. The highest BCUT2D eigenvalue weighted by Gasteiger charge is 2.11. The minimum Gasteiger partial charge on any atom is -0.317 e. The fraction of sp³-hybridized carbons (Fsp3) is 0.900. The second-order valence-electron chi connectivity index (χ2n) is 3.54. The molecule has 0 unspecified atom stereocenters. The number of ketones is 1. The Labute approximate surface area is 92.4 Å².